The number of hydrogen-bond donors (Lipinski definition) is 1. The van der Waals surface area contributed by atoms with Gasteiger partial charge < -0.3 is 5.32 Å². The van der Waals surface area contributed by atoms with Gasteiger partial charge in [0.25, 0.3) is 0 Å². The van der Waals surface area contributed by atoms with Crippen molar-refractivity contribution in [2.24, 2.45) is 0 Å². The van der Waals surface area contributed by atoms with Gasteiger partial charge in [-0.15, -0.1) is 12.4 Å². The Morgan fingerprint density at radius 3 is 2.89 bits per heavy atom. The van der Waals surface area contributed by atoms with Gasteiger partial charge in [-0.3, -0.25) is 4.90 Å². The first kappa shape index (κ1) is 15.4. The quantitative estimate of drug-likeness (QED) is 0.887. The molecule has 2 rings (SSSR count). The van der Waals surface area contributed by atoms with Crippen LogP contribution in [0.1, 0.15) is 25.3 Å². The van der Waals surface area contributed by atoms with Crippen molar-refractivity contribution in [3.8, 4) is 0 Å². The summed E-state index contributed by atoms with van der Waals surface area (Å²) in [6, 6.07) is 7.56. The zero-order valence-electron chi connectivity index (χ0n) is 10.9. The maximum atomic E-state index is 13.1. The van der Waals surface area contributed by atoms with E-state index in [0.29, 0.717) is 6.04 Å². The van der Waals surface area contributed by atoms with Crippen LogP contribution in [-0.2, 0) is 6.54 Å². The average Bonchev–Trinajstić information content (AvgIpc) is 2.82. The largest absolute Gasteiger partial charge is 0.315 e. The van der Waals surface area contributed by atoms with Gasteiger partial charge in [0.1, 0.15) is 5.82 Å². The summed E-state index contributed by atoms with van der Waals surface area (Å²) >= 11 is 0. The second kappa shape index (κ2) is 7.72. The second-order valence-corrected chi connectivity index (χ2v) is 4.75. The average molecular weight is 273 g/mol. The highest BCUT2D eigenvalue weighted by atomic mass is 35.5. The first-order valence-electron chi connectivity index (χ1n) is 6.49. The highest BCUT2D eigenvalue weighted by Gasteiger charge is 2.21. The van der Waals surface area contributed by atoms with Crippen LogP contribution in [-0.4, -0.2) is 30.6 Å². The van der Waals surface area contributed by atoms with Crippen LogP contribution < -0.4 is 5.32 Å². The molecular weight excluding hydrogens is 251 g/mol. The molecule has 1 fully saturated rings. The third kappa shape index (κ3) is 4.23. The molecule has 0 aliphatic carbocycles. The van der Waals surface area contributed by atoms with Crippen molar-refractivity contribution in [1.82, 2.24) is 10.2 Å². The standard InChI is InChI=1S/C14H21FN2.ClH/c1-2-8-17(14-6-7-16-10-14)11-12-4-3-5-13(15)9-12;/h3-5,9,14,16H,2,6-8,10-11H2,1H3;1H. The molecule has 1 aromatic carbocycles. The molecule has 0 bridgehead atoms. The normalized spacial score (nSPS) is 18.9. The highest BCUT2D eigenvalue weighted by molar-refractivity contribution is 5.85. The molecule has 0 amide bonds. The Bertz CT molecular complexity index is 353. The lowest BCUT2D eigenvalue weighted by atomic mass is 10.1. The van der Waals surface area contributed by atoms with Crippen molar-refractivity contribution in [2.45, 2.75) is 32.4 Å². The summed E-state index contributed by atoms with van der Waals surface area (Å²) in [7, 11) is 0. The van der Waals surface area contributed by atoms with Crippen molar-refractivity contribution >= 4 is 12.4 Å². The van der Waals surface area contributed by atoms with Crippen molar-refractivity contribution < 1.29 is 4.39 Å². The Labute approximate surface area is 115 Å². The van der Waals surface area contributed by atoms with Crippen molar-refractivity contribution in [3.63, 3.8) is 0 Å². The molecule has 0 radical (unpaired) electrons. The van der Waals surface area contributed by atoms with Crippen LogP contribution in [0.4, 0.5) is 4.39 Å². The van der Waals surface area contributed by atoms with Crippen LogP contribution in [0.2, 0.25) is 0 Å². The highest BCUT2D eigenvalue weighted by Crippen LogP contribution is 2.14. The summed E-state index contributed by atoms with van der Waals surface area (Å²) in [5, 5.41) is 3.39. The third-order valence-corrected chi connectivity index (χ3v) is 3.34. The molecule has 1 aliphatic rings. The molecule has 18 heavy (non-hydrogen) atoms. The van der Waals surface area contributed by atoms with Gasteiger partial charge in [0, 0.05) is 19.1 Å². The van der Waals surface area contributed by atoms with E-state index in [-0.39, 0.29) is 18.2 Å². The molecule has 1 atom stereocenters. The maximum absolute atomic E-state index is 13.1. The summed E-state index contributed by atoms with van der Waals surface area (Å²) in [5.74, 6) is -0.136. The third-order valence-electron chi connectivity index (χ3n) is 3.34. The summed E-state index contributed by atoms with van der Waals surface area (Å²) in [5.41, 5.74) is 1.07. The fourth-order valence-corrected chi connectivity index (χ4v) is 2.50. The predicted molar refractivity (Wildman–Crippen MR) is 75.6 cm³/mol. The number of benzene rings is 1. The number of rotatable bonds is 5. The number of nitrogens with zero attached hydrogens (tertiary/aromatic N) is 1. The molecule has 1 saturated heterocycles. The molecule has 1 N–H and O–H groups in total. The lowest BCUT2D eigenvalue weighted by Gasteiger charge is -2.28. The zero-order valence-corrected chi connectivity index (χ0v) is 11.7. The van der Waals surface area contributed by atoms with Gasteiger partial charge >= 0.3 is 0 Å². The molecule has 102 valence electrons. The van der Waals surface area contributed by atoms with E-state index >= 15 is 0 Å². The molecule has 0 aromatic heterocycles. The number of hydrogen-bond acceptors (Lipinski definition) is 2. The minimum atomic E-state index is -0.136. The fourth-order valence-electron chi connectivity index (χ4n) is 2.50. The Kier molecular flexibility index (Phi) is 6.61. The van der Waals surface area contributed by atoms with Gasteiger partial charge in [-0.05, 0) is 43.6 Å². The summed E-state index contributed by atoms with van der Waals surface area (Å²) in [6.45, 7) is 6.31. The van der Waals surface area contributed by atoms with Gasteiger partial charge in [-0.25, -0.2) is 4.39 Å². The predicted octanol–water partition coefficient (Wildman–Crippen LogP) is 2.82. The molecule has 1 aliphatic heterocycles. The summed E-state index contributed by atoms with van der Waals surface area (Å²) < 4.78 is 13.1. The van der Waals surface area contributed by atoms with E-state index in [1.807, 2.05) is 6.07 Å². The first-order chi connectivity index (χ1) is 8.29. The lowest BCUT2D eigenvalue weighted by molar-refractivity contribution is 0.199. The Hall–Kier alpha value is -0.640. The smallest absolute Gasteiger partial charge is 0.123 e. The molecule has 2 nitrogen and oxygen atoms in total. The van der Waals surface area contributed by atoms with Crippen LogP contribution >= 0.6 is 12.4 Å². The molecule has 0 saturated carbocycles. The topological polar surface area (TPSA) is 15.3 Å². The Morgan fingerprint density at radius 2 is 2.28 bits per heavy atom. The van der Waals surface area contributed by atoms with Crippen molar-refractivity contribution in [1.29, 1.82) is 0 Å². The fraction of sp³-hybridized carbons (Fsp3) is 0.571. The second-order valence-electron chi connectivity index (χ2n) is 4.75. The number of nitrogens with one attached hydrogen (secondary N) is 1. The summed E-state index contributed by atoms with van der Waals surface area (Å²) in [6.07, 6.45) is 2.35. The minimum absolute atomic E-state index is 0. The van der Waals surface area contributed by atoms with E-state index in [1.165, 1.54) is 12.5 Å². The van der Waals surface area contributed by atoms with Crippen LogP contribution in [0, 0.1) is 5.82 Å². The van der Waals surface area contributed by atoms with Gasteiger partial charge in [0.2, 0.25) is 0 Å². The Balaban J connectivity index is 0.00000162. The Morgan fingerprint density at radius 1 is 1.44 bits per heavy atom. The molecule has 1 aromatic rings. The molecule has 4 heteroatoms. The van der Waals surface area contributed by atoms with Crippen molar-refractivity contribution in [3.05, 3.63) is 35.6 Å². The molecule has 0 spiro atoms. The number of halogens is 2. The maximum Gasteiger partial charge on any atom is 0.123 e. The summed E-state index contributed by atoms with van der Waals surface area (Å²) in [4.78, 5) is 2.47. The van der Waals surface area contributed by atoms with Crippen LogP contribution in [0.25, 0.3) is 0 Å². The van der Waals surface area contributed by atoms with Crippen LogP contribution in [0.5, 0.6) is 0 Å². The molecule has 1 unspecified atom stereocenters. The van der Waals surface area contributed by atoms with E-state index in [2.05, 4.69) is 17.1 Å². The van der Waals surface area contributed by atoms with E-state index in [1.54, 1.807) is 12.1 Å². The van der Waals surface area contributed by atoms with E-state index in [4.69, 9.17) is 0 Å². The first-order valence-corrected chi connectivity index (χ1v) is 6.49. The monoisotopic (exact) mass is 272 g/mol. The van der Waals surface area contributed by atoms with E-state index in [0.717, 1.165) is 38.2 Å². The van der Waals surface area contributed by atoms with Crippen molar-refractivity contribution in [2.75, 3.05) is 19.6 Å². The van der Waals surface area contributed by atoms with Crippen LogP contribution in [0.15, 0.2) is 24.3 Å². The molecular formula is C14H22ClFN2. The minimum Gasteiger partial charge on any atom is -0.315 e. The van der Waals surface area contributed by atoms with Gasteiger partial charge in [-0.1, -0.05) is 19.1 Å². The van der Waals surface area contributed by atoms with Gasteiger partial charge in [0.05, 0.1) is 0 Å². The SMILES string of the molecule is CCCN(Cc1cccc(F)c1)C1CCNC1.Cl. The van der Waals surface area contributed by atoms with Gasteiger partial charge in [-0.2, -0.15) is 0 Å². The molecule has 1 heterocycles. The van der Waals surface area contributed by atoms with Gasteiger partial charge in [0.15, 0.2) is 0 Å². The van der Waals surface area contributed by atoms with E-state index in [9.17, 15) is 4.39 Å². The zero-order chi connectivity index (χ0) is 12.1. The lowest BCUT2D eigenvalue weighted by Crippen LogP contribution is -2.36. The van der Waals surface area contributed by atoms with Crippen LogP contribution in [0.3, 0.4) is 0 Å². The van der Waals surface area contributed by atoms with E-state index < -0.39 is 0 Å².